The number of imidazole rings is 1. The van der Waals surface area contributed by atoms with Crippen molar-refractivity contribution in [1.29, 1.82) is 0 Å². The fourth-order valence-electron chi connectivity index (χ4n) is 2.08. The van der Waals surface area contributed by atoms with Gasteiger partial charge < -0.3 is 10.3 Å². The van der Waals surface area contributed by atoms with Crippen LogP contribution >= 0.6 is 23.2 Å². The smallest absolute Gasteiger partial charge is 0.224 e. The summed E-state index contributed by atoms with van der Waals surface area (Å²) in [4.78, 5) is 16.1. The van der Waals surface area contributed by atoms with E-state index in [1.54, 1.807) is 0 Å². The number of carbonyl (C=O) groups excluding carboxylic acids is 1. The summed E-state index contributed by atoms with van der Waals surface area (Å²) in [5, 5.41) is 0.633. The number of alkyl halides is 1. The Hall–Kier alpha value is -1.26. The van der Waals surface area contributed by atoms with Gasteiger partial charge in [-0.2, -0.15) is 0 Å². The molecule has 1 amide bonds. The molecule has 1 heterocycles. The highest BCUT2D eigenvalue weighted by Crippen LogP contribution is 2.26. The van der Waals surface area contributed by atoms with Crippen LogP contribution in [0, 0.1) is 5.41 Å². The Morgan fingerprint density at radius 1 is 1.45 bits per heavy atom. The molecular formula is C14H17Cl2N3O. The van der Waals surface area contributed by atoms with Gasteiger partial charge in [-0.05, 0) is 32.0 Å². The van der Waals surface area contributed by atoms with Gasteiger partial charge in [0.25, 0.3) is 0 Å². The molecule has 0 saturated heterocycles. The maximum Gasteiger partial charge on any atom is 0.224 e. The summed E-state index contributed by atoms with van der Waals surface area (Å²) in [6.07, 6.45) is 0.628. The predicted octanol–water partition coefficient (Wildman–Crippen LogP) is 2.98. The second-order valence-corrected chi connectivity index (χ2v) is 6.25. The average Bonchev–Trinajstić information content (AvgIpc) is 2.66. The Labute approximate surface area is 127 Å². The third-order valence-corrected chi connectivity index (χ3v) is 3.75. The summed E-state index contributed by atoms with van der Waals surface area (Å²) in [6.45, 7) is 4.11. The van der Waals surface area contributed by atoms with E-state index in [1.807, 2.05) is 36.6 Å². The van der Waals surface area contributed by atoms with Crippen molar-refractivity contribution in [3.8, 4) is 0 Å². The summed E-state index contributed by atoms with van der Waals surface area (Å²) in [5.74, 6) is 0.963. The van der Waals surface area contributed by atoms with Crippen LogP contribution in [-0.4, -0.2) is 21.3 Å². The fraction of sp³-hybridized carbons (Fsp3) is 0.429. The normalized spacial score (nSPS) is 12.0. The van der Waals surface area contributed by atoms with Crippen LogP contribution in [0.15, 0.2) is 18.2 Å². The van der Waals surface area contributed by atoms with Gasteiger partial charge >= 0.3 is 0 Å². The van der Waals surface area contributed by atoms with Crippen molar-refractivity contribution in [2.45, 2.75) is 26.8 Å². The number of primary amides is 1. The minimum Gasteiger partial charge on any atom is -0.369 e. The zero-order valence-electron chi connectivity index (χ0n) is 11.5. The fourth-order valence-corrected chi connectivity index (χ4v) is 2.41. The Morgan fingerprint density at radius 3 is 2.75 bits per heavy atom. The lowest BCUT2D eigenvalue weighted by molar-refractivity contribution is -0.126. The zero-order valence-corrected chi connectivity index (χ0v) is 13.0. The van der Waals surface area contributed by atoms with Crippen LogP contribution in [-0.2, 0) is 17.8 Å². The van der Waals surface area contributed by atoms with Gasteiger partial charge in [0, 0.05) is 23.9 Å². The van der Waals surface area contributed by atoms with Crippen LogP contribution in [0.1, 0.15) is 19.7 Å². The van der Waals surface area contributed by atoms with Crippen molar-refractivity contribution >= 4 is 40.1 Å². The minimum absolute atomic E-state index is 0.342. The van der Waals surface area contributed by atoms with Gasteiger partial charge in [0.2, 0.25) is 5.91 Å². The number of carbonyl (C=O) groups is 1. The van der Waals surface area contributed by atoms with Gasteiger partial charge in [-0.1, -0.05) is 11.6 Å². The molecule has 20 heavy (non-hydrogen) atoms. The van der Waals surface area contributed by atoms with E-state index in [4.69, 9.17) is 28.9 Å². The van der Waals surface area contributed by atoms with E-state index in [1.165, 1.54) is 0 Å². The van der Waals surface area contributed by atoms with Crippen LogP contribution in [0.2, 0.25) is 5.02 Å². The first-order chi connectivity index (χ1) is 9.35. The van der Waals surface area contributed by atoms with Gasteiger partial charge in [-0.15, -0.1) is 11.6 Å². The number of benzene rings is 1. The summed E-state index contributed by atoms with van der Waals surface area (Å²) >= 11 is 11.8. The Balaban J connectivity index is 2.54. The van der Waals surface area contributed by atoms with E-state index in [9.17, 15) is 4.79 Å². The van der Waals surface area contributed by atoms with E-state index in [0.29, 0.717) is 23.9 Å². The molecule has 0 aliphatic carbocycles. The molecule has 1 aromatic carbocycles. The minimum atomic E-state index is -0.658. The van der Waals surface area contributed by atoms with Crippen molar-refractivity contribution in [3.05, 3.63) is 29.0 Å². The number of aromatic nitrogens is 2. The standard InChI is InChI=1S/C14H17Cl2N3O/c1-14(2,13(17)20)8-19-11-4-3-9(16)7-10(11)18-12(19)5-6-15/h3-4,7H,5-6,8H2,1-2H3,(H2,17,20). The monoisotopic (exact) mass is 313 g/mol. The number of aryl methyl sites for hydroxylation is 1. The summed E-state index contributed by atoms with van der Waals surface area (Å²) < 4.78 is 2.00. The van der Waals surface area contributed by atoms with Gasteiger partial charge in [0.1, 0.15) is 5.82 Å². The lowest BCUT2D eigenvalue weighted by Gasteiger charge is -2.22. The second-order valence-electron chi connectivity index (χ2n) is 5.43. The van der Waals surface area contributed by atoms with E-state index >= 15 is 0 Å². The molecule has 4 nitrogen and oxygen atoms in total. The topological polar surface area (TPSA) is 60.9 Å². The van der Waals surface area contributed by atoms with Crippen LogP contribution < -0.4 is 5.73 Å². The van der Waals surface area contributed by atoms with E-state index < -0.39 is 5.41 Å². The molecule has 0 atom stereocenters. The molecule has 0 saturated carbocycles. The molecular weight excluding hydrogens is 297 g/mol. The number of nitrogens with zero attached hydrogens (tertiary/aromatic N) is 2. The molecule has 0 radical (unpaired) electrons. The highest BCUT2D eigenvalue weighted by atomic mass is 35.5. The van der Waals surface area contributed by atoms with Crippen LogP contribution in [0.3, 0.4) is 0 Å². The molecule has 108 valence electrons. The van der Waals surface area contributed by atoms with E-state index in [-0.39, 0.29) is 5.91 Å². The van der Waals surface area contributed by atoms with Crippen molar-refractivity contribution in [3.63, 3.8) is 0 Å². The van der Waals surface area contributed by atoms with Gasteiger partial charge in [-0.3, -0.25) is 4.79 Å². The number of nitrogens with two attached hydrogens (primary N) is 1. The van der Waals surface area contributed by atoms with E-state index in [0.717, 1.165) is 16.9 Å². The molecule has 2 aromatic rings. The number of hydrogen-bond acceptors (Lipinski definition) is 2. The lowest BCUT2D eigenvalue weighted by Crippen LogP contribution is -2.35. The maximum absolute atomic E-state index is 11.5. The number of halogens is 2. The largest absolute Gasteiger partial charge is 0.369 e. The zero-order chi connectivity index (χ0) is 14.9. The molecule has 0 unspecified atom stereocenters. The van der Waals surface area contributed by atoms with Crippen molar-refractivity contribution in [2.75, 3.05) is 5.88 Å². The number of rotatable bonds is 5. The molecule has 2 N–H and O–H groups in total. The molecule has 6 heteroatoms. The third kappa shape index (κ3) is 2.91. The number of hydrogen-bond donors (Lipinski definition) is 1. The van der Waals surface area contributed by atoms with Crippen LogP contribution in [0.25, 0.3) is 11.0 Å². The molecule has 0 aliphatic heterocycles. The third-order valence-electron chi connectivity index (χ3n) is 3.33. The summed E-state index contributed by atoms with van der Waals surface area (Å²) in [5.41, 5.74) is 6.54. The first kappa shape index (κ1) is 15.1. The number of amides is 1. The van der Waals surface area contributed by atoms with Crippen molar-refractivity contribution < 1.29 is 4.79 Å². The molecule has 1 aromatic heterocycles. The maximum atomic E-state index is 11.5. The molecule has 0 spiro atoms. The number of fused-ring (bicyclic) bond motifs is 1. The summed E-state index contributed by atoms with van der Waals surface area (Å²) in [6, 6.07) is 5.52. The molecule has 0 fully saturated rings. The second kappa shape index (κ2) is 5.62. The summed E-state index contributed by atoms with van der Waals surface area (Å²) in [7, 11) is 0. The first-order valence-electron chi connectivity index (χ1n) is 6.35. The predicted molar refractivity (Wildman–Crippen MR) is 82.1 cm³/mol. The van der Waals surface area contributed by atoms with Crippen LogP contribution in [0.5, 0.6) is 0 Å². The van der Waals surface area contributed by atoms with Gasteiger partial charge in [0.05, 0.1) is 16.4 Å². The Kier molecular flexibility index (Phi) is 4.25. The first-order valence-corrected chi connectivity index (χ1v) is 7.27. The Morgan fingerprint density at radius 2 is 2.15 bits per heavy atom. The van der Waals surface area contributed by atoms with Crippen molar-refractivity contribution in [1.82, 2.24) is 9.55 Å². The van der Waals surface area contributed by atoms with Crippen molar-refractivity contribution in [2.24, 2.45) is 11.1 Å². The van der Waals surface area contributed by atoms with E-state index in [2.05, 4.69) is 4.98 Å². The highest BCUT2D eigenvalue weighted by molar-refractivity contribution is 6.31. The van der Waals surface area contributed by atoms with Gasteiger partial charge in [0.15, 0.2) is 0 Å². The van der Waals surface area contributed by atoms with Gasteiger partial charge in [-0.25, -0.2) is 4.98 Å². The Bertz CT molecular complexity index is 649. The lowest BCUT2D eigenvalue weighted by atomic mass is 9.92. The average molecular weight is 314 g/mol. The molecule has 2 rings (SSSR count). The van der Waals surface area contributed by atoms with Crippen LogP contribution in [0.4, 0.5) is 0 Å². The SMILES string of the molecule is CC(C)(Cn1c(CCCl)nc2cc(Cl)ccc21)C(N)=O. The quantitative estimate of drug-likeness (QED) is 0.863. The highest BCUT2D eigenvalue weighted by Gasteiger charge is 2.27. The molecule has 0 bridgehead atoms. The molecule has 0 aliphatic rings.